The number of rotatable bonds is 3. The molecular formula is C18H22N2O3. The molecule has 1 heterocycles. The standard InChI is InChI=1S/C18H22N2O3/c1-12(13-8-6-5-7-9-13)19-20-14(21)18-11-10-17(4,15(22)23-18)16(18,2)3/h5-9H,10-11H2,1-4H3,(H,20,21)/b19-12+. The van der Waals surface area contributed by atoms with Crippen LogP contribution in [-0.2, 0) is 14.3 Å². The van der Waals surface area contributed by atoms with Gasteiger partial charge in [0.05, 0.1) is 11.1 Å². The van der Waals surface area contributed by atoms with E-state index in [2.05, 4.69) is 10.5 Å². The summed E-state index contributed by atoms with van der Waals surface area (Å²) < 4.78 is 5.55. The third kappa shape index (κ3) is 1.95. The highest BCUT2D eigenvalue weighted by atomic mass is 16.6. The minimum atomic E-state index is -1.13. The molecule has 23 heavy (non-hydrogen) atoms. The van der Waals surface area contributed by atoms with E-state index >= 15 is 0 Å². The van der Waals surface area contributed by atoms with E-state index in [0.717, 1.165) is 5.56 Å². The van der Waals surface area contributed by atoms with Gasteiger partial charge in [0.15, 0.2) is 5.60 Å². The summed E-state index contributed by atoms with van der Waals surface area (Å²) in [4.78, 5) is 25.0. The van der Waals surface area contributed by atoms with Crippen LogP contribution in [-0.4, -0.2) is 23.2 Å². The first-order valence-corrected chi connectivity index (χ1v) is 7.88. The number of nitrogens with one attached hydrogen (secondary N) is 1. The van der Waals surface area contributed by atoms with Gasteiger partial charge in [0.25, 0.3) is 5.91 Å². The fraction of sp³-hybridized carbons (Fsp3) is 0.500. The Labute approximate surface area is 136 Å². The Hall–Kier alpha value is -2.17. The minimum absolute atomic E-state index is 0.285. The zero-order chi connectivity index (χ0) is 16.9. The van der Waals surface area contributed by atoms with Gasteiger partial charge in [-0.05, 0) is 32.3 Å². The van der Waals surface area contributed by atoms with Crippen LogP contribution >= 0.6 is 0 Å². The summed E-state index contributed by atoms with van der Waals surface area (Å²) in [7, 11) is 0. The summed E-state index contributed by atoms with van der Waals surface area (Å²) in [5, 5.41) is 4.19. The molecule has 1 aliphatic carbocycles. The number of ether oxygens (including phenoxy) is 1. The first kappa shape index (κ1) is 15.7. The summed E-state index contributed by atoms with van der Waals surface area (Å²) in [6.07, 6.45) is 1.20. The molecule has 2 fully saturated rings. The van der Waals surface area contributed by atoms with E-state index in [1.807, 2.05) is 58.0 Å². The number of fused-ring (bicyclic) bond motifs is 2. The van der Waals surface area contributed by atoms with Crippen LogP contribution < -0.4 is 5.43 Å². The van der Waals surface area contributed by atoms with Crippen molar-refractivity contribution in [3.05, 3.63) is 35.9 Å². The molecule has 1 saturated carbocycles. The molecule has 1 aromatic carbocycles. The number of carbonyl (C=O) groups excluding carboxylic acids is 2. The lowest BCUT2D eigenvalue weighted by Crippen LogP contribution is -2.52. The summed E-state index contributed by atoms with van der Waals surface area (Å²) in [6.45, 7) is 7.57. The highest BCUT2D eigenvalue weighted by molar-refractivity contribution is 6.00. The van der Waals surface area contributed by atoms with Crippen molar-refractivity contribution in [3.63, 3.8) is 0 Å². The van der Waals surface area contributed by atoms with E-state index in [9.17, 15) is 9.59 Å². The van der Waals surface area contributed by atoms with Crippen molar-refractivity contribution in [3.8, 4) is 0 Å². The molecule has 2 unspecified atom stereocenters. The molecule has 0 radical (unpaired) electrons. The number of benzene rings is 1. The van der Waals surface area contributed by atoms with Crippen LogP contribution in [0.5, 0.6) is 0 Å². The normalized spacial score (nSPS) is 31.8. The average Bonchev–Trinajstić information content (AvgIpc) is 2.83. The van der Waals surface area contributed by atoms with Gasteiger partial charge in [-0.1, -0.05) is 44.2 Å². The molecular weight excluding hydrogens is 292 g/mol. The third-order valence-electron chi connectivity index (χ3n) is 5.97. The fourth-order valence-electron chi connectivity index (χ4n) is 3.72. The van der Waals surface area contributed by atoms with Crippen LogP contribution in [0.3, 0.4) is 0 Å². The maximum atomic E-state index is 12.8. The minimum Gasteiger partial charge on any atom is -0.448 e. The van der Waals surface area contributed by atoms with Gasteiger partial charge in [-0.3, -0.25) is 9.59 Å². The van der Waals surface area contributed by atoms with Crippen LogP contribution in [0.15, 0.2) is 35.4 Å². The Bertz CT molecular complexity index is 695. The molecule has 2 bridgehead atoms. The summed E-state index contributed by atoms with van der Waals surface area (Å²) in [5.41, 5.74) is 1.96. The smallest absolute Gasteiger partial charge is 0.313 e. The maximum absolute atomic E-state index is 12.8. The molecule has 0 aromatic heterocycles. The lowest BCUT2D eigenvalue weighted by molar-refractivity contribution is -0.168. The first-order chi connectivity index (χ1) is 10.7. The van der Waals surface area contributed by atoms with Crippen LogP contribution in [0.4, 0.5) is 0 Å². The molecule has 1 saturated heterocycles. The monoisotopic (exact) mass is 314 g/mol. The number of hydrazone groups is 1. The van der Waals surface area contributed by atoms with E-state index in [1.165, 1.54) is 0 Å². The summed E-state index contributed by atoms with van der Waals surface area (Å²) in [6, 6.07) is 9.61. The first-order valence-electron chi connectivity index (χ1n) is 7.88. The summed E-state index contributed by atoms with van der Waals surface area (Å²) >= 11 is 0. The van der Waals surface area contributed by atoms with E-state index in [4.69, 9.17) is 4.74 Å². The second kappa shape index (κ2) is 4.91. The van der Waals surface area contributed by atoms with Gasteiger partial charge in [-0.25, -0.2) is 5.43 Å². The third-order valence-corrected chi connectivity index (χ3v) is 5.97. The van der Waals surface area contributed by atoms with Gasteiger partial charge in [0, 0.05) is 5.41 Å². The second-order valence-electron chi connectivity index (χ2n) is 7.18. The van der Waals surface area contributed by atoms with Crippen molar-refractivity contribution < 1.29 is 14.3 Å². The average molecular weight is 314 g/mol. The second-order valence-corrected chi connectivity index (χ2v) is 7.18. The van der Waals surface area contributed by atoms with Crippen molar-refractivity contribution in [2.45, 2.75) is 46.1 Å². The number of amides is 1. The Morgan fingerprint density at radius 3 is 2.35 bits per heavy atom. The van der Waals surface area contributed by atoms with E-state index in [-0.39, 0.29) is 11.9 Å². The van der Waals surface area contributed by atoms with Gasteiger partial charge >= 0.3 is 5.97 Å². The number of nitrogens with zero attached hydrogens (tertiary/aromatic N) is 1. The van der Waals surface area contributed by atoms with Gasteiger partial charge in [-0.15, -0.1) is 0 Å². The maximum Gasteiger partial charge on any atom is 0.313 e. The fourth-order valence-corrected chi connectivity index (χ4v) is 3.72. The molecule has 5 nitrogen and oxygen atoms in total. The molecule has 1 aliphatic heterocycles. The van der Waals surface area contributed by atoms with Crippen molar-refractivity contribution >= 4 is 17.6 Å². The number of carbonyl (C=O) groups is 2. The zero-order valence-corrected chi connectivity index (χ0v) is 14.0. The van der Waals surface area contributed by atoms with Crippen molar-refractivity contribution in [2.24, 2.45) is 15.9 Å². The largest absolute Gasteiger partial charge is 0.448 e. The van der Waals surface area contributed by atoms with Crippen LogP contribution in [0, 0.1) is 10.8 Å². The molecule has 1 amide bonds. The molecule has 1 N–H and O–H groups in total. The van der Waals surface area contributed by atoms with Crippen molar-refractivity contribution in [1.82, 2.24) is 5.43 Å². The topological polar surface area (TPSA) is 67.8 Å². The van der Waals surface area contributed by atoms with Gasteiger partial charge < -0.3 is 4.74 Å². The van der Waals surface area contributed by atoms with Gasteiger partial charge in [-0.2, -0.15) is 5.10 Å². The van der Waals surface area contributed by atoms with Crippen molar-refractivity contribution in [1.29, 1.82) is 0 Å². The Morgan fingerprint density at radius 2 is 1.83 bits per heavy atom. The van der Waals surface area contributed by atoms with Gasteiger partial charge in [0.2, 0.25) is 0 Å². The molecule has 2 aliphatic rings. The molecule has 2 atom stereocenters. The number of esters is 1. The summed E-state index contributed by atoms with van der Waals surface area (Å²) in [5.74, 6) is -0.625. The van der Waals surface area contributed by atoms with E-state index in [1.54, 1.807) is 0 Å². The predicted octanol–water partition coefficient (Wildman–Crippen LogP) is 2.65. The Balaban J connectivity index is 1.83. The predicted molar refractivity (Wildman–Crippen MR) is 86.7 cm³/mol. The highest BCUT2D eigenvalue weighted by Gasteiger charge is 2.75. The quantitative estimate of drug-likeness (QED) is 0.530. The van der Waals surface area contributed by atoms with Gasteiger partial charge in [0.1, 0.15) is 0 Å². The molecule has 1 aromatic rings. The Kier molecular flexibility index (Phi) is 3.36. The lowest BCUT2D eigenvalue weighted by Gasteiger charge is -2.34. The highest BCUT2D eigenvalue weighted by Crippen LogP contribution is 2.65. The Morgan fingerprint density at radius 1 is 1.17 bits per heavy atom. The molecule has 0 spiro atoms. The number of hydrogen-bond donors (Lipinski definition) is 1. The number of hydrogen-bond acceptors (Lipinski definition) is 4. The molecule has 5 heteroatoms. The SMILES string of the molecule is C/C(=N\NC(=O)C12CCC(C)(C(=O)O1)C2(C)C)c1ccccc1. The van der Waals surface area contributed by atoms with Crippen LogP contribution in [0.1, 0.15) is 46.1 Å². The lowest BCUT2D eigenvalue weighted by atomic mass is 9.66. The molecule has 3 rings (SSSR count). The molecule has 122 valence electrons. The van der Waals surface area contributed by atoms with E-state index < -0.39 is 16.4 Å². The van der Waals surface area contributed by atoms with Crippen molar-refractivity contribution in [2.75, 3.05) is 0 Å². The van der Waals surface area contributed by atoms with E-state index in [0.29, 0.717) is 18.6 Å². The van der Waals surface area contributed by atoms with Crippen LogP contribution in [0.25, 0.3) is 0 Å². The zero-order valence-electron chi connectivity index (χ0n) is 14.0. The van der Waals surface area contributed by atoms with Crippen LogP contribution in [0.2, 0.25) is 0 Å².